The van der Waals surface area contributed by atoms with Gasteiger partial charge in [-0.2, -0.15) is 0 Å². The number of carbonyl (C=O) groups is 2. The molecule has 1 aromatic rings. The molecule has 5 nitrogen and oxygen atoms in total. The first kappa shape index (κ1) is 14.5. The van der Waals surface area contributed by atoms with Crippen LogP contribution in [0.25, 0.3) is 0 Å². The van der Waals surface area contributed by atoms with Crippen LogP contribution in [0.3, 0.4) is 0 Å². The Balaban J connectivity index is 2.15. The van der Waals surface area contributed by atoms with Crippen LogP contribution in [0, 0.1) is 11.7 Å². The fourth-order valence-electron chi connectivity index (χ4n) is 2.22. The van der Waals surface area contributed by atoms with Crippen molar-refractivity contribution in [3.8, 4) is 0 Å². The van der Waals surface area contributed by atoms with Gasteiger partial charge in [-0.05, 0) is 44.1 Å². The van der Waals surface area contributed by atoms with Gasteiger partial charge >= 0.3 is 5.97 Å². The smallest absolute Gasteiger partial charge is 0.340 e. The lowest BCUT2D eigenvalue weighted by Gasteiger charge is -2.22. The summed E-state index contributed by atoms with van der Waals surface area (Å²) in [5, 5.41) is 5.86. The molecule has 1 amide bonds. The van der Waals surface area contributed by atoms with Crippen LogP contribution < -0.4 is 10.6 Å². The fraction of sp³-hybridized carbons (Fsp3) is 0.429. The van der Waals surface area contributed by atoms with E-state index in [0.717, 1.165) is 32.0 Å². The third-order valence-corrected chi connectivity index (χ3v) is 3.35. The number of amides is 1. The molecule has 1 saturated heterocycles. The zero-order chi connectivity index (χ0) is 14.5. The van der Waals surface area contributed by atoms with Crippen molar-refractivity contribution in [3.63, 3.8) is 0 Å². The van der Waals surface area contributed by atoms with Crippen molar-refractivity contribution in [1.29, 1.82) is 0 Å². The molecule has 0 saturated carbocycles. The van der Waals surface area contributed by atoms with Crippen molar-refractivity contribution in [2.75, 3.05) is 25.5 Å². The molecule has 0 atom stereocenters. The summed E-state index contributed by atoms with van der Waals surface area (Å²) in [6.45, 7) is 1.59. The van der Waals surface area contributed by atoms with Crippen molar-refractivity contribution >= 4 is 17.6 Å². The van der Waals surface area contributed by atoms with E-state index in [4.69, 9.17) is 0 Å². The molecular formula is C14H17FN2O3. The van der Waals surface area contributed by atoms with E-state index in [1.54, 1.807) is 0 Å². The molecule has 1 aliphatic heterocycles. The highest BCUT2D eigenvalue weighted by atomic mass is 19.1. The van der Waals surface area contributed by atoms with Crippen molar-refractivity contribution in [2.24, 2.45) is 5.92 Å². The maximum atomic E-state index is 13.2. The second-order valence-corrected chi connectivity index (χ2v) is 4.70. The number of halogens is 1. The van der Waals surface area contributed by atoms with Gasteiger partial charge in [-0.3, -0.25) is 4.79 Å². The van der Waals surface area contributed by atoms with Gasteiger partial charge in [-0.1, -0.05) is 0 Å². The van der Waals surface area contributed by atoms with Gasteiger partial charge < -0.3 is 15.4 Å². The maximum absolute atomic E-state index is 13.2. The Morgan fingerprint density at radius 2 is 2.05 bits per heavy atom. The number of anilines is 1. The highest BCUT2D eigenvalue weighted by molar-refractivity contribution is 6.01. The predicted molar refractivity (Wildman–Crippen MR) is 72.0 cm³/mol. The van der Waals surface area contributed by atoms with E-state index in [-0.39, 0.29) is 23.1 Å². The quantitative estimate of drug-likeness (QED) is 0.824. The Hall–Kier alpha value is -1.95. The standard InChI is InChI=1S/C14H17FN2O3/c1-20-14(19)11-8-10(15)2-3-12(11)17-13(18)9-4-6-16-7-5-9/h2-3,8-9,16H,4-7H2,1H3,(H,17,18). The molecule has 6 heteroatoms. The molecular weight excluding hydrogens is 263 g/mol. The number of methoxy groups -OCH3 is 1. The Morgan fingerprint density at radius 1 is 1.35 bits per heavy atom. The number of benzene rings is 1. The number of esters is 1. The molecule has 108 valence electrons. The van der Waals surface area contributed by atoms with Crippen molar-refractivity contribution in [2.45, 2.75) is 12.8 Å². The third-order valence-electron chi connectivity index (χ3n) is 3.35. The summed E-state index contributed by atoms with van der Waals surface area (Å²) in [5.74, 6) is -1.47. The summed E-state index contributed by atoms with van der Waals surface area (Å²) < 4.78 is 17.8. The normalized spacial score (nSPS) is 15.7. The summed E-state index contributed by atoms with van der Waals surface area (Å²) in [4.78, 5) is 23.7. The van der Waals surface area contributed by atoms with Crippen molar-refractivity contribution in [1.82, 2.24) is 5.32 Å². The maximum Gasteiger partial charge on any atom is 0.340 e. The van der Waals surface area contributed by atoms with E-state index in [9.17, 15) is 14.0 Å². The Bertz CT molecular complexity index is 513. The number of nitrogens with one attached hydrogen (secondary N) is 2. The zero-order valence-corrected chi connectivity index (χ0v) is 11.2. The third kappa shape index (κ3) is 3.33. The molecule has 1 aromatic carbocycles. The molecule has 1 heterocycles. The summed E-state index contributed by atoms with van der Waals surface area (Å²) in [5.41, 5.74) is 0.302. The highest BCUT2D eigenvalue weighted by Gasteiger charge is 2.23. The number of carbonyl (C=O) groups excluding carboxylic acids is 2. The molecule has 0 aliphatic carbocycles. The van der Waals surface area contributed by atoms with Crippen molar-refractivity contribution < 1.29 is 18.7 Å². The minimum atomic E-state index is -0.676. The molecule has 0 bridgehead atoms. The van der Waals surface area contributed by atoms with E-state index in [2.05, 4.69) is 15.4 Å². The first-order valence-corrected chi connectivity index (χ1v) is 6.51. The minimum Gasteiger partial charge on any atom is -0.465 e. The van der Waals surface area contributed by atoms with Gasteiger partial charge in [0, 0.05) is 5.92 Å². The predicted octanol–water partition coefficient (Wildman–Crippen LogP) is 1.55. The van der Waals surface area contributed by atoms with Gasteiger partial charge in [0.15, 0.2) is 0 Å². The number of piperidine rings is 1. The Labute approximate surface area is 116 Å². The van der Waals surface area contributed by atoms with Gasteiger partial charge in [0.1, 0.15) is 5.82 Å². The van der Waals surface area contributed by atoms with Crippen LogP contribution in [-0.4, -0.2) is 32.1 Å². The SMILES string of the molecule is COC(=O)c1cc(F)ccc1NC(=O)C1CCNCC1. The van der Waals surface area contributed by atoms with E-state index in [1.807, 2.05) is 0 Å². The second-order valence-electron chi connectivity index (χ2n) is 4.70. The molecule has 1 aliphatic rings. The van der Waals surface area contributed by atoms with E-state index in [1.165, 1.54) is 19.2 Å². The number of hydrogen-bond acceptors (Lipinski definition) is 4. The van der Waals surface area contributed by atoms with E-state index in [0.29, 0.717) is 0 Å². The van der Waals surface area contributed by atoms with Crippen LogP contribution in [0.15, 0.2) is 18.2 Å². The lowest BCUT2D eigenvalue weighted by Crippen LogP contribution is -2.34. The lowest BCUT2D eigenvalue weighted by atomic mass is 9.97. The Morgan fingerprint density at radius 3 is 2.70 bits per heavy atom. The van der Waals surface area contributed by atoms with Crippen LogP contribution in [0.5, 0.6) is 0 Å². The first-order chi connectivity index (χ1) is 9.61. The van der Waals surface area contributed by atoms with Crippen LogP contribution >= 0.6 is 0 Å². The second kappa shape index (κ2) is 6.47. The largest absolute Gasteiger partial charge is 0.465 e. The van der Waals surface area contributed by atoms with Crippen LogP contribution in [0.2, 0.25) is 0 Å². The van der Waals surface area contributed by atoms with Gasteiger partial charge in [0.05, 0.1) is 18.4 Å². The minimum absolute atomic E-state index is 0.0229. The molecule has 0 unspecified atom stereocenters. The summed E-state index contributed by atoms with van der Waals surface area (Å²) in [6.07, 6.45) is 1.50. The summed E-state index contributed by atoms with van der Waals surface area (Å²) in [6, 6.07) is 3.63. The van der Waals surface area contributed by atoms with Crippen LogP contribution in [0.4, 0.5) is 10.1 Å². The van der Waals surface area contributed by atoms with Crippen LogP contribution in [0.1, 0.15) is 23.2 Å². The van der Waals surface area contributed by atoms with Gasteiger partial charge in [-0.15, -0.1) is 0 Å². The van der Waals surface area contributed by atoms with E-state index < -0.39 is 11.8 Å². The lowest BCUT2D eigenvalue weighted by molar-refractivity contribution is -0.120. The zero-order valence-electron chi connectivity index (χ0n) is 11.2. The van der Waals surface area contributed by atoms with Gasteiger partial charge in [-0.25, -0.2) is 9.18 Å². The average molecular weight is 280 g/mol. The topological polar surface area (TPSA) is 67.4 Å². The first-order valence-electron chi connectivity index (χ1n) is 6.51. The number of rotatable bonds is 3. The number of hydrogen-bond donors (Lipinski definition) is 2. The average Bonchev–Trinajstić information content (AvgIpc) is 2.49. The molecule has 20 heavy (non-hydrogen) atoms. The van der Waals surface area contributed by atoms with Gasteiger partial charge in [0.25, 0.3) is 0 Å². The van der Waals surface area contributed by atoms with Gasteiger partial charge in [0.2, 0.25) is 5.91 Å². The highest BCUT2D eigenvalue weighted by Crippen LogP contribution is 2.21. The van der Waals surface area contributed by atoms with E-state index >= 15 is 0 Å². The fourth-order valence-corrected chi connectivity index (χ4v) is 2.22. The monoisotopic (exact) mass is 280 g/mol. The summed E-state index contributed by atoms with van der Waals surface area (Å²) in [7, 11) is 1.21. The molecule has 2 N–H and O–H groups in total. The Kier molecular flexibility index (Phi) is 4.68. The molecule has 2 rings (SSSR count). The van der Waals surface area contributed by atoms with Crippen LogP contribution in [-0.2, 0) is 9.53 Å². The molecule has 0 spiro atoms. The molecule has 0 aromatic heterocycles. The molecule has 0 radical (unpaired) electrons. The molecule has 1 fully saturated rings. The van der Waals surface area contributed by atoms with Crippen molar-refractivity contribution in [3.05, 3.63) is 29.6 Å². The number of ether oxygens (including phenoxy) is 1. The summed E-state index contributed by atoms with van der Waals surface area (Å²) >= 11 is 0.